The summed E-state index contributed by atoms with van der Waals surface area (Å²) in [6.45, 7) is 11.1. The second-order valence-electron chi connectivity index (χ2n) is 6.95. The van der Waals surface area contributed by atoms with E-state index in [0.29, 0.717) is 12.1 Å². The molecule has 2 aliphatic heterocycles. The van der Waals surface area contributed by atoms with Crippen LogP contribution in [0.1, 0.15) is 50.8 Å². The van der Waals surface area contributed by atoms with Crippen molar-refractivity contribution in [1.29, 1.82) is 0 Å². The van der Waals surface area contributed by atoms with Crippen molar-refractivity contribution in [1.82, 2.24) is 0 Å². The van der Waals surface area contributed by atoms with Crippen LogP contribution in [0.15, 0.2) is 36.4 Å². The second-order valence-corrected chi connectivity index (χ2v) is 8.20. The lowest BCUT2D eigenvalue weighted by atomic mass is 9.57. The number of alkyl halides is 1. The highest BCUT2D eigenvalue weighted by molar-refractivity contribution is 9.09. The Morgan fingerprint density at radius 2 is 2.11 bits per heavy atom. The van der Waals surface area contributed by atoms with Crippen LogP contribution >= 0.6 is 15.9 Å². The number of piperidine rings is 1. The third-order valence-electron chi connectivity index (χ3n) is 5.01. The van der Waals surface area contributed by atoms with Gasteiger partial charge in [0.25, 0.3) is 0 Å². The third kappa shape index (κ3) is 1.76. The van der Waals surface area contributed by atoms with E-state index < -0.39 is 0 Å². The minimum Gasteiger partial charge on any atom is -0.336 e. The largest absolute Gasteiger partial charge is 0.336 e. The Bertz CT molecular complexity index is 534. The molecule has 0 unspecified atom stereocenters. The van der Waals surface area contributed by atoms with Crippen LogP contribution in [0.5, 0.6) is 0 Å². The molecular weight excluding hydrogens is 298 g/mol. The van der Waals surface area contributed by atoms with Crippen molar-refractivity contribution in [3.63, 3.8) is 0 Å². The summed E-state index contributed by atoms with van der Waals surface area (Å²) in [6, 6.07) is 10.1. The fourth-order valence-electron chi connectivity index (χ4n) is 4.19. The molecule has 102 valence electrons. The molecule has 3 atom stereocenters. The van der Waals surface area contributed by atoms with Gasteiger partial charge in [-0.1, -0.05) is 66.2 Å². The van der Waals surface area contributed by atoms with Crippen LogP contribution in [0, 0.1) is 5.41 Å². The van der Waals surface area contributed by atoms with Gasteiger partial charge in [-0.3, -0.25) is 0 Å². The molecule has 0 radical (unpaired) electrons. The Morgan fingerprint density at radius 1 is 1.42 bits per heavy atom. The van der Waals surface area contributed by atoms with E-state index in [1.54, 1.807) is 0 Å². The van der Waals surface area contributed by atoms with Crippen LogP contribution in [0.25, 0.3) is 0 Å². The standard InChI is InChI=1S/C17H22BrN/c1-11(2)9-15-17(18)13-8-6-5-7-12(13)14(19-15)10-16(17,3)4/h5-8,14-15,19H,1,9-10H2,2-4H3/p+1/t14-,15-,17-/m0/s1. The topological polar surface area (TPSA) is 16.6 Å². The summed E-state index contributed by atoms with van der Waals surface area (Å²) in [7, 11) is 0. The zero-order valence-electron chi connectivity index (χ0n) is 12.0. The van der Waals surface area contributed by atoms with Gasteiger partial charge in [0.1, 0.15) is 16.4 Å². The molecule has 0 aromatic heterocycles. The molecule has 1 aliphatic carbocycles. The number of hydrogen-bond acceptors (Lipinski definition) is 0. The van der Waals surface area contributed by atoms with Gasteiger partial charge in [0.2, 0.25) is 0 Å². The molecule has 19 heavy (non-hydrogen) atoms. The molecule has 4 rings (SSSR count). The van der Waals surface area contributed by atoms with E-state index in [2.05, 4.69) is 72.9 Å². The van der Waals surface area contributed by atoms with Crippen molar-refractivity contribution in [2.45, 2.75) is 50.0 Å². The first kappa shape index (κ1) is 13.4. The van der Waals surface area contributed by atoms with Gasteiger partial charge in [-0.05, 0) is 17.9 Å². The van der Waals surface area contributed by atoms with Gasteiger partial charge in [0.05, 0.1) is 0 Å². The summed E-state index contributed by atoms with van der Waals surface area (Å²) < 4.78 is 0.0598. The van der Waals surface area contributed by atoms with Crippen molar-refractivity contribution in [3.05, 3.63) is 47.5 Å². The highest BCUT2D eigenvalue weighted by Crippen LogP contribution is 2.60. The average molecular weight is 321 g/mol. The van der Waals surface area contributed by atoms with Crippen molar-refractivity contribution in [2.75, 3.05) is 0 Å². The van der Waals surface area contributed by atoms with E-state index in [9.17, 15) is 0 Å². The molecule has 2 heteroatoms. The average Bonchev–Trinajstić information content (AvgIpc) is 2.32. The molecule has 1 nitrogen and oxygen atoms in total. The fourth-order valence-corrected chi connectivity index (χ4v) is 5.03. The monoisotopic (exact) mass is 320 g/mol. The molecule has 0 amide bonds. The lowest BCUT2D eigenvalue weighted by molar-refractivity contribution is -0.751. The number of fused-ring (bicyclic) bond motifs is 2. The number of benzene rings is 1. The van der Waals surface area contributed by atoms with Crippen molar-refractivity contribution in [3.8, 4) is 0 Å². The smallest absolute Gasteiger partial charge is 0.113 e. The van der Waals surface area contributed by atoms with E-state index in [0.717, 1.165) is 6.42 Å². The van der Waals surface area contributed by atoms with Gasteiger partial charge in [-0.25, -0.2) is 0 Å². The SMILES string of the molecule is C=C(C)C[C@@H]1[NH2+][C@H]2CC(C)(C)[C@]1(Br)c1ccccc12. The van der Waals surface area contributed by atoms with E-state index >= 15 is 0 Å². The van der Waals surface area contributed by atoms with E-state index in [-0.39, 0.29) is 9.74 Å². The molecule has 1 aromatic carbocycles. The summed E-state index contributed by atoms with van der Waals surface area (Å²) in [6.07, 6.45) is 2.32. The maximum atomic E-state index is 4.18. The molecule has 3 aliphatic rings. The first-order chi connectivity index (χ1) is 8.86. The van der Waals surface area contributed by atoms with Crippen LogP contribution in [0.4, 0.5) is 0 Å². The predicted molar refractivity (Wildman–Crippen MR) is 83.3 cm³/mol. The Labute approximate surface area is 124 Å². The Morgan fingerprint density at radius 3 is 2.79 bits per heavy atom. The summed E-state index contributed by atoms with van der Waals surface area (Å²) in [4.78, 5) is 0. The lowest BCUT2D eigenvalue weighted by Gasteiger charge is -2.57. The molecule has 0 saturated carbocycles. The summed E-state index contributed by atoms with van der Waals surface area (Å²) in [5.41, 5.74) is 4.59. The minimum atomic E-state index is 0.0598. The molecule has 1 fully saturated rings. The van der Waals surface area contributed by atoms with Crippen molar-refractivity contribution >= 4 is 15.9 Å². The molecule has 0 spiro atoms. The first-order valence-corrected chi connectivity index (χ1v) is 7.93. The third-order valence-corrected chi connectivity index (χ3v) is 7.10. The Kier molecular flexibility index (Phi) is 2.96. The van der Waals surface area contributed by atoms with Gasteiger partial charge in [-0.2, -0.15) is 0 Å². The van der Waals surface area contributed by atoms with Crippen LogP contribution in [0.3, 0.4) is 0 Å². The number of quaternary nitrogens is 1. The van der Waals surface area contributed by atoms with Crippen molar-refractivity contribution in [2.24, 2.45) is 5.41 Å². The van der Waals surface area contributed by atoms with Crippen LogP contribution in [0.2, 0.25) is 0 Å². The first-order valence-electron chi connectivity index (χ1n) is 7.14. The number of nitrogens with two attached hydrogens (primary N) is 1. The van der Waals surface area contributed by atoms with Gasteiger partial charge < -0.3 is 5.32 Å². The van der Waals surface area contributed by atoms with E-state index in [4.69, 9.17) is 0 Å². The number of hydrogen-bond donors (Lipinski definition) is 1. The maximum Gasteiger partial charge on any atom is 0.113 e. The molecular formula is C17H23BrN+. The number of halogens is 1. The van der Waals surface area contributed by atoms with Crippen LogP contribution < -0.4 is 5.32 Å². The quantitative estimate of drug-likeness (QED) is 0.632. The van der Waals surface area contributed by atoms with Gasteiger partial charge >= 0.3 is 0 Å². The van der Waals surface area contributed by atoms with Gasteiger partial charge in [0, 0.05) is 18.4 Å². The summed E-state index contributed by atoms with van der Waals surface area (Å²) in [5, 5.41) is 2.57. The Balaban J connectivity index is 2.16. The predicted octanol–water partition coefficient (Wildman–Crippen LogP) is 3.66. The van der Waals surface area contributed by atoms with E-state index in [1.165, 1.54) is 23.1 Å². The zero-order chi connectivity index (χ0) is 13.8. The molecule has 2 heterocycles. The number of rotatable bonds is 2. The van der Waals surface area contributed by atoms with Crippen molar-refractivity contribution < 1.29 is 5.32 Å². The zero-order valence-corrected chi connectivity index (χ0v) is 13.6. The fraction of sp³-hybridized carbons (Fsp3) is 0.529. The highest BCUT2D eigenvalue weighted by atomic mass is 79.9. The molecule has 1 saturated heterocycles. The second kappa shape index (κ2) is 4.20. The lowest BCUT2D eigenvalue weighted by Crippen LogP contribution is -2.99. The molecule has 1 aromatic rings. The summed E-state index contributed by atoms with van der Waals surface area (Å²) in [5.74, 6) is 0. The Hall–Kier alpha value is -0.600. The van der Waals surface area contributed by atoms with Gasteiger partial charge in [0.15, 0.2) is 0 Å². The van der Waals surface area contributed by atoms with Crippen LogP contribution in [-0.2, 0) is 4.32 Å². The highest BCUT2D eigenvalue weighted by Gasteiger charge is 2.62. The normalized spacial score (nSPS) is 34.9. The summed E-state index contributed by atoms with van der Waals surface area (Å²) >= 11 is 4.18. The molecule has 2 bridgehead atoms. The van der Waals surface area contributed by atoms with E-state index in [1.807, 2.05) is 0 Å². The van der Waals surface area contributed by atoms with Crippen LogP contribution in [-0.4, -0.2) is 6.04 Å². The minimum absolute atomic E-state index is 0.0598. The van der Waals surface area contributed by atoms with Gasteiger partial charge in [-0.15, -0.1) is 0 Å². The maximum absolute atomic E-state index is 4.18. The molecule has 2 N–H and O–H groups in total.